The maximum absolute atomic E-state index is 4.73. The van der Waals surface area contributed by atoms with E-state index in [1.807, 2.05) is 7.05 Å². The van der Waals surface area contributed by atoms with E-state index in [4.69, 9.17) is 5.10 Å². The molecule has 20 heavy (non-hydrogen) atoms. The summed E-state index contributed by atoms with van der Waals surface area (Å²) < 4.78 is 2.13. The lowest BCUT2D eigenvalue weighted by molar-refractivity contribution is 0.647. The van der Waals surface area contributed by atoms with Crippen LogP contribution in [0.2, 0.25) is 0 Å². The van der Waals surface area contributed by atoms with Gasteiger partial charge >= 0.3 is 0 Å². The van der Waals surface area contributed by atoms with E-state index in [1.54, 1.807) is 0 Å². The van der Waals surface area contributed by atoms with Gasteiger partial charge in [-0.25, -0.2) is 0 Å². The fourth-order valence-corrected chi connectivity index (χ4v) is 2.97. The molecule has 0 saturated heterocycles. The zero-order valence-electron chi connectivity index (χ0n) is 13.2. The summed E-state index contributed by atoms with van der Waals surface area (Å²) in [5, 5.41) is 7.98. The molecule has 0 aliphatic carbocycles. The smallest absolute Gasteiger partial charge is 0.0662 e. The van der Waals surface area contributed by atoms with Crippen LogP contribution in [0.5, 0.6) is 0 Å². The van der Waals surface area contributed by atoms with Gasteiger partial charge in [0, 0.05) is 17.8 Å². The first-order chi connectivity index (χ1) is 9.52. The molecule has 3 heteroatoms. The normalized spacial score (nSPS) is 12.7. The molecule has 0 spiro atoms. The monoisotopic (exact) mass is 271 g/mol. The number of likely N-dealkylation sites (N-methyl/N-ethyl adjacent to an activating group) is 1. The number of rotatable bonds is 5. The lowest BCUT2D eigenvalue weighted by Gasteiger charge is -2.12. The molecule has 0 fully saturated rings. The number of nitrogens with zero attached hydrogens (tertiary/aromatic N) is 2. The van der Waals surface area contributed by atoms with Crippen LogP contribution in [0.3, 0.4) is 0 Å². The molecule has 0 aliphatic heterocycles. The molecule has 0 amide bonds. The highest BCUT2D eigenvalue weighted by molar-refractivity contribution is 5.30. The van der Waals surface area contributed by atoms with E-state index in [2.05, 4.69) is 62.0 Å². The van der Waals surface area contributed by atoms with Crippen LogP contribution in [0, 0.1) is 20.8 Å². The van der Waals surface area contributed by atoms with Gasteiger partial charge in [-0.15, -0.1) is 0 Å². The summed E-state index contributed by atoms with van der Waals surface area (Å²) in [7, 11) is 2.00. The summed E-state index contributed by atoms with van der Waals surface area (Å²) in [6.07, 6.45) is 0. The standard InChI is InChI=1S/C17H25N3/c1-12-7-6-8-16(9-12)11-20-15(4)17(14(3)19-20)13(2)10-18-5/h6-9,13,18H,10-11H2,1-5H3. The molecular formula is C17H25N3. The van der Waals surface area contributed by atoms with Crippen molar-refractivity contribution in [3.8, 4) is 0 Å². The predicted molar refractivity (Wildman–Crippen MR) is 84.3 cm³/mol. The van der Waals surface area contributed by atoms with Gasteiger partial charge in [0.15, 0.2) is 0 Å². The van der Waals surface area contributed by atoms with Crippen molar-refractivity contribution in [3.63, 3.8) is 0 Å². The molecule has 108 valence electrons. The minimum atomic E-state index is 0.492. The van der Waals surface area contributed by atoms with Crippen molar-refractivity contribution in [2.75, 3.05) is 13.6 Å². The quantitative estimate of drug-likeness (QED) is 0.905. The maximum Gasteiger partial charge on any atom is 0.0662 e. The summed E-state index contributed by atoms with van der Waals surface area (Å²) in [5.41, 5.74) is 6.42. The average molecular weight is 271 g/mol. The van der Waals surface area contributed by atoms with Gasteiger partial charge in [0.25, 0.3) is 0 Å². The van der Waals surface area contributed by atoms with Crippen LogP contribution in [0.4, 0.5) is 0 Å². The molecule has 2 aromatic rings. The zero-order chi connectivity index (χ0) is 14.7. The Hall–Kier alpha value is -1.61. The predicted octanol–water partition coefficient (Wildman–Crippen LogP) is 3.18. The van der Waals surface area contributed by atoms with Gasteiger partial charge in [0.1, 0.15) is 0 Å². The number of benzene rings is 1. The average Bonchev–Trinajstić information content (AvgIpc) is 2.65. The highest BCUT2D eigenvalue weighted by Gasteiger charge is 2.17. The van der Waals surface area contributed by atoms with E-state index >= 15 is 0 Å². The summed E-state index contributed by atoms with van der Waals surface area (Å²) in [6, 6.07) is 8.64. The van der Waals surface area contributed by atoms with Crippen molar-refractivity contribution in [1.82, 2.24) is 15.1 Å². The SMILES string of the molecule is CNCC(C)c1c(C)nn(Cc2cccc(C)c2)c1C. The minimum Gasteiger partial charge on any atom is -0.319 e. The molecule has 3 nitrogen and oxygen atoms in total. The van der Waals surface area contributed by atoms with E-state index in [-0.39, 0.29) is 0 Å². The molecule has 1 heterocycles. The van der Waals surface area contributed by atoms with E-state index in [1.165, 1.54) is 22.4 Å². The van der Waals surface area contributed by atoms with E-state index in [0.717, 1.165) is 18.8 Å². The molecule has 1 N–H and O–H groups in total. The summed E-state index contributed by atoms with van der Waals surface area (Å²) in [5.74, 6) is 0.492. The van der Waals surface area contributed by atoms with Crippen molar-refractivity contribution >= 4 is 0 Å². The fourth-order valence-electron chi connectivity index (χ4n) is 2.97. The summed E-state index contributed by atoms with van der Waals surface area (Å²) >= 11 is 0. The number of aromatic nitrogens is 2. The van der Waals surface area contributed by atoms with Crippen LogP contribution in [-0.2, 0) is 6.54 Å². The number of aryl methyl sites for hydroxylation is 2. The largest absolute Gasteiger partial charge is 0.319 e. The summed E-state index contributed by atoms with van der Waals surface area (Å²) in [6.45, 7) is 10.5. The second-order valence-electron chi connectivity index (χ2n) is 5.69. The number of nitrogens with one attached hydrogen (secondary N) is 1. The second-order valence-corrected chi connectivity index (χ2v) is 5.69. The molecular weight excluding hydrogens is 246 g/mol. The van der Waals surface area contributed by atoms with Gasteiger partial charge in [-0.1, -0.05) is 36.8 Å². The highest BCUT2D eigenvalue weighted by Crippen LogP contribution is 2.23. The second kappa shape index (κ2) is 6.23. The third-order valence-corrected chi connectivity index (χ3v) is 3.86. The van der Waals surface area contributed by atoms with E-state index < -0.39 is 0 Å². The van der Waals surface area contributed by atoms with E-state index in [9.17, 15) is 0 Å². The third-order valence-electron chi connectivity index (χ3n) is 3.86. The fraction of sp³-hybridized carbons (Fsp3) is 0.471. The molecule has 1 atom stereocenters. The Labute approximate surface area is 122 Å². The number of hydrogen-bond acceptors (Lipinski definition) is 2. The van der Waals surface area contributed by atoms with Gasteiger partial charge < -0.3 is 5.32 Å². The molecule has 0 aliphatic rings. The molecule has 0 radical (unpaired) electrons. The number of hydrogen-bond donors (Lipinski definition) is 1. The van der Waals surface area contributed by atoms with E-state index in [0.29, 0.717) is 5.92 Å². The maximum atomic E-state index is 4.73. The van der Waals surface area contributed by atoms with Crippen molar-refractivity contribution in [1.29, 1.82) is 0 Å². The van der Waals surface area contributed by atoms with Crippen molar-refractivity contribution in [2.45, 2.75) is 40.2 Å². The zero-order valence-corrected chi connectivity index (χ0v) is 13.2. The Bertz CT molecular complexity index is 584. The van der Waals surface area contributed by atoms with Gasteiger partial charge in [-0.2, -0.15) is 5.10 Å². The Kier molecular flexibility index (Phi) is 4.61. The highest BCUT2D eigenvalue weighted by atomic mass is 15.3. The first-order valence-corrected chi connectivity index (χ1v) is 7.27. The molecule has 0 saturated carbocycles. The third kappa shape index (κ3) is 3.10. The van der Waals surface area contributed by atoms with Gasteiger partial charge in [0.2, 0.25) is 0 Å². The summed E-state index contributed by atoms with van der Waals surface area (Å²) in [4.78, 5) is 0. The van der Waals surface area contributed by atoms with Crippen LogP contribution in [-0.4, -0.2) is 23.4 Å². The van der Waals surface area contributed by atoms with Crippen LogP contribution in [0.15, 0.2) is 24.3 Å². The van der Waals surface area contributed by atoms with Crippen molar-refractivity contribution in [2.24, 2.45) is 0 Å². The lowest BCUT2D eigenvalue weighted by atomic mass is 9.99. The molecule has 1 unspecified atom stereocenters. The molecule has 1 aromatic heterocycles. The van der Waals surface area contributed by atoms with Crippen molar-refractivity contribution < 1.29 is 0 Å². The van der Waals surface area contributed by atoms with Gasteiger partial charge in [0.05, 0.1) is 12.2 Å². The first-order valence-electron chi connectivity index (χ1n) is 7.27. The van der Waals surface area contributed by atoms with Crippen LogP contribution < -0.4 is 5.32 Å². The Morgan fingerprint density at radius 2 is 2.00 bits per heavy atom. The Balaban J connectivity index is 2.28. The molecule has 1 aromatic carbocycles. The van der Waals surface area contributed by atoms with Gasteiger partial charge in [-0.3, -0.25) is 4.68 Å². The van der Waals surface area contributed by atoms with Crippen molar-refractivity contribution in [3.05, 3.63) is 52.3 Å². The topological polar surface area (TPSA) is 29.9 Å². The van der Waals surface area contributed by atoms with Crippen LogP contribution in [0.25, 0.3) is 0 Å². The van der Waals surface area contributed by atoms with Crippen LogP contribution in [0.1, 0.15) is 40.9 Å². The minimum absolute atomic E-state index is 0.492. The molecule has 0 bridgehead atoms. The Morgan fingerprint density at radius 1 is 1.25 bits per heavy atom. The lowest BCUT2D eigenvalue weighted by Crippen LogP contribution is -2.16. The first kappa shape index (κ1) is 14.8. The van der Waals surface area contributed by atoms with Crippen LogP contribution >= 0.6 is 0 Å². The molecule has 2 rings (SSSR count). The Morgan fingerprint density at radius 3 is 2.65 bits per heavy atom. The van der Waals surface area contributed by atoms with Gasteiger partial charge in [-0.05, 0) is 39.3 Å².